The van der Waals surface area contributed by atoms with Crippen LogP contribution in [0.4, 0.5) is 11.4 Å². The molecule has 0 amide bonds. The minimum atomic E-state index is -4.51. The zero-order chi connectivity index (χ0) is 35.3. The van der Waals surface area contributed by atoms with Gasteiger partial charge in [-0.05, 0) is 86.6 Å². The molecule has 0 aliphatic carbocycles. The van der Waals surface area contributed by atoms with Gasteiger partial charge in [0.05, 0.1) is 12.1 Å². The first kappa shape index (κ1) is 36.5. The summed E-state index contributed by atoms with van der Waals surface area (Å²) in [6.07, 6.45) is 2.09. The summed E-state index contributed by atoms with van der Waals surface area (Å²) in [6.45, 7) is 37.3. The Labute approximate surface area is 286 Å². The van der Waals surface area contributed by atoms with Gasteiger partial charge in [-0.2, -0.15) is 9.13 Å². The summed E-state index contributed by atoms with van der Waals surface area (Å²) < 4.78 is 15.9. The Kier molecular flexibility index (Phi) is 10.6. The van der Waals surface area contributed by atoms with Gasteiger partial charge in [0, 0.05) is 36.6 Å². The summed E-state index contributed by atoms with van der Waals surface area (Å²) >= 11 is 0. The van der Waals surface area contributed by atoms with Crippen LogP contribution in [0.2, 0.25) is 0 Å². The van der Waals surface area contributed by atoms with Crippen LogP contribution in [0.5, 0.6) is 6.01 Å². The number of hydrogen-bond donors (Lipinski definition) is 0. The van der Waals surface area contributed by atoms with Crippen molar-refractivity contribution in [2.75, 3.05) is 9.13 Å². The van der Waals surface area contributed by atoms with Gasteiger partial charge in [0.2, 0.25) is 0 Å². The number of nitrogens with zero attached hydrogens (tertiary/aromatic N) is 4. The fourth-order valence-electron chi connectivity index (χ4n) is 7.29. The minimum Gasteiger partial charge on any atom is -0.793 e. The van der Waals surface area contributed by atoms with E-state index in [4.69, 9.17) is 4.43 Å². The highest BCUT2D eigenvalue weighted by Gasteiger charge is 2.51. The van der Waals surface area contributed by atoms with E-state index in [0.29, 0.717) is 11.7 Å². The molecule has 3 aromatic rings. The van der Waals surface area contributed by atoms with Crippen molar-refractivity contribution < 1.29 is 13.8 Å². The molecule has 1 aliphatic heterocycles. The molecule has 0 bridgehead atoms. The van der Waals surface area contributed by atoms with Gasteiger partial charge in [-0.25, -0.2) is 0 Å². The van der Waals surface area contributed by atoms with Crippen LogP contribution in [0.1, 0.15) is 159 Å². The lowest BCUT2D eigenvalue weighted by atomic mass is 9.92. The molecule has 0 unspecified atom stereocenters. The summed E-state index contributed by atoms with van der Waals surface area (Å²) in [6, 6.07) is 13.8. The average molecular weight is 657 g/mol. The zero-order valence-electron chi connectivity index (χ0n) is 31.8. The molecule has 1 aliphatic rings. The molecule has 0 saturated carbocycles. The molecule has 4 rings (SSSR count). The van der Waals surface area contributed by atoms with E-state index in [1.165, 1.54) is 0 Å². The van der Waals surface area contributed by atoms with Gasteiger partial charge in [-0.3, -0.25) is 0 Å². The van der Waals surface area contributed by atoms with Crippen molar-refractivity contribution in [3.05, 3.63) is 94.1 Å². The molecular formula is C40H60N4O2Si. The Morgan fingerprint density at radius 3 is 1.45 bits per heavy atom. The number of para-hydroxylation sites is 2. The predicted molar refractivity (Wildman–Crippen MR) is 198 cm³/mol. The summed E-state index contributed by atoms with van der Waals surface area (Å²) in [5.74, 6) is 0.780. The van der Waals surface area contributed by atoms with Gasteiger partial charge in [0.25, 0.3) is 0 Å². The number of rotatable bonds is 10. The van der Waals surface area contributed by atoms with Crippen molar-refractivity contribution >= 4 is 20.3 Å². The van der Waals surface area contributed by atoms with E-state index in [0.717, 1.165) is 50.7 Å². The van der Waals surface area contributed by atoms with Crippen LogP contribution in [0.25, 0.3) is 0 Å². The lowest BCUT2D eigenvalue weighted by Crippen LogP contribution is -2.81. The maximum atomic E-state index is 17.0. The summed E-state index contributed by atoms with van der Waals surface area (Å²) in [5, 5.41) is 0. The molecule has 1 aromatic heterocycles. The van der Waals surface area contributed by atoms with E-state index >= 15 is 4.80 Å². The van der Waals surface area contributed by atoms with Crippen LogP contribution >= 0.6 is 0 Å². The number of hydrogen-bond acceptors (Lipinski definition) is 4. The third-order valence-corrected chi connectivity index (χ3v) is 12.3. The Hall–Kier alpha value is -3.29. The van der Waals surface area contributed by atoms with E-state index < -0.39 is 8.88 Å². The molecule has 6 nitrogen and oxygen atoms in total. The van der Waals surface area contributed by atoms with Crippen molar-refractivity contribution in [3.8, 4) is 6.01 Å². The quantitative estimate of drug-likeness (QED) is 0.161. The Balaban J connectivity index is 2.25. The normalized spacial score (nSPS) is 17.4. The van der Waals surface area contributed by atoms with Gasteiger partial charge in [-0.1, -0.05) is 98.4 Å². The monoisotopic (exact) mass is 656 g/mol. The summed E-state index contributed by atoms with van der Waals surface area (Å²) in [5.41, 5.74) is 10.2. The number of anilines is 2. The highest BCUT2D eigenvalue weighted by molar-refractivity contribution is 6.75. The van der Waals surface area contributed by atoms with Gasteiger partial charge >= 0.3 is 14.9 Å². The number of benzene rings is 2. The SMILES string of the molecule is C=C1C=C(C)N(c2c(C(C)C)cccc2C(C)C)[Si@@]([O-])(Oc2n(C(C)C)c(C)c(C)[n+]2C(C)C)N1c1c(C(C)C)cccc1C(C)C. The Morgan fingerprint density at radius 2 is 1.09 bits per heavy atom. The lowest BCUT2D eigenvalue weighted by molar-refractivity contribution is -0.724. The predicted octanol–water partition coefficient (Wildman–Crippen LogP) is 9.67. The molecule has 0 radical (unpaired) electrons. The maximum absolute atomic E-state index is 17.0. The molecule has 0 fully saturated rings. The largest absolute Gasteiger partial charge is 0.793 e. The first-order valence-electron chi connectivity index (χ1n) is 17.6. The minimum absolute atomic E-state index is 0.0926. The van der Waals surface area contributed by atoms with E-state index in [1.807, 2.05) is 4.57 Å². The number of imidazole rings is 1. The van der Waals surface area contributed by atoms with Gasteiger partial charge in [-0.15, -0.1) is 0 Å². The molecule has 0 saturated heterocycles. The molecule has 2 aromatic carbocycles. The summed E-state index contributed by atoms with van der Waals surface area (Å²) in [7, 11) is -4.51. The molecule has 256 valence electrons. The third-order valence-electron chi connectivity index (χ3n) is 9.63. The number of allylic oxidation sites excluding steroid dienone is 2. The van der Waals surface area contributed by atoms with Crippen LogP contribution in [0, 0.1) is 13.8 Å². The topological polar surface area (TPSA) is 47.6 Å². The van der Waals surface area contributed by atoms with Crippen molar-refractivity contribution in [2.24, 2.45) is 0 Å². The second kappa shape index (κ2) is 13.7. The van der Waals surface area contributed by atoms with E-state index in [2.05, 4.69) is 167 Å². The maximum Gasteiger partial charge on any atom is 0.445 e. The molecule has 0 N–H and O–H groups in total. The third kappa shape index (κ3) is 6.33. The van der Waals surface area contributed by atoms with E-state index in [-0.39, 0.29) is 35.8 Å². The Bertz CT molecular complexity index is 1580. The van der Waals surface area contributed by atoms with E-state index in [1.54, 1.807) is 0 Å². The van der Waals surface area contributed by atoms with Crippen LogP contribution < -0.4 is 22.9 Å². The molecule has 0 spiro atoms. The highest BCUT2D eigenvalue weighted by atomic mass is 28.4. The van der Waals surface area contributed by atoms with Crippen LogP contribution in [0.15, 0.2) is 60.4 Å². The standard InChI is InChI=1S/C40H60N4O2Si/c1-24(2)34-19-17-20-35(25(3)4)38(34)43-30(13)23-31(14)44(39-36(26(5)6)21-18-22-37(39)27(7)8)47(43,45)46-40-41(28(9)10)32(15)33(16)42(40)29(11)12/h17-29H,13H2,1-12,14-16H3/t47-/m0/s1. The molecule has 1 atom stereocenters. The van der Waals surface area contributed by atoms with Gasteiger partial charge in [0.15, 0.2) is 0 Å². The molecule has 7 heteroatoms. The van der Waals surface area contributed by atoms with Gasteiger partial charge in [0.1, 0.15) is 11.4 Å². The highest BCUT2D eigenvalue weighted by Crippen LogP contribution is 2.46. The van der Waals surface area contributed by atoms with Crippen molar-refractivity contribution in [1.82, 2.24) is 4.57 Å². The lowest BCUT2D eigenvalue weighted by Gasteiger charge is -2.57. The average Bonchev–Trinajstić information content (AvgIpc) is 3.20. The molecule has 47 heavy (non-hydrogen) atoms. The molecule has 2 heterocycles. The van der Waals surface area contributed by atoms with Crippen molar-refractivity contribution in [1.29, 1.82) is 0 Å². The molecular weight excluding hydrogens is 597 g/mol. The number of aromatic nitrogens is 2. The van der Waals surface area contributed by atoms with Crippen LogP contribution in [0.3, 0.4) is 0 Å². The first-order chi connectivity index (χ1) is 21.9. The second-order valence-electron chi connectivity index (χ2n) is 15.2. The Morgan fingerprint density at radius 1 is 0.681 bits per heavy atom. The smallest absolute Gasteiger partial charge is 0.445 e. The van der Waals surface area contributed by atoms with Crippen molar-refractivity contribution in [3.63, 3.8) is 0 Å². The van der Waals surface area contributed by atoms with Crippen LogP contribution in [-0.4, -0.2) is 13.5 Å². The zero-order valence-corrected chi connectivity index (χ0v) is 32.8. The van der Waals surface area contributed by atoms with Gasteiger partial charge < -0.3 is 18.4 Å². The van der Waals surface area contributed by atoms with Crippen LogP contribution in [-0.2, 0) is 0 Å². The van der Waals surface area contributed by atoms with Crippen molar-refractivity contribution in [2.45, 2.75) is 140 Å². The second-order valence-corrected chi connectivity index (χ2v) is 17.4. The first-order valence-corrected chi connectivity index (χ1v) is 19.3. The summed E-state index contributed by atoms with van der Waals surface area (Å²) in [4.78, 5) is 17.0. The fraction of sp³-hybridized carbons (Fsp3) is 0.525. The van der Waals surface area contributed by atoms with E-state index in [9.17, 15) is 0 Å². The fourth-order valence-corrected chi connectivity index (χ4v) is 10.1.